The van der Waals surface area contributed by atoms with Gasteiger partial charge in [0.1, 0.15) is 5.78 Å². The van der Waals surface area contributed by atoms with Crippen molar-refractivity contribution in [1.29, 1.82) is 0 Å². The van der Waals surface area contributed by atoms with Gasteiger partial charge in [-0.1, -0.05) is 0 Å². The van der Waals surface area contributed by atoms with Crippen LogP contribution in [0.15, 0.2) is 17.2 Å². The van der Waals surface area contributed by atoms with Gasteiger partial charge in [0.2, 0.25) is 5.95 Å². The SMILES string of the molecule is CC(=O)C1CCN(c2nccc(/C=C3\SC(=O)NC3=O)n2)CC1. The van der Waals surface area contributed by atoms with E-state index in [9.17, 15) is 14.4 Å². The minimum absolute atomic E-state index is 0.126. The highest BCUT2D eigenvalue weighted by Crippen LogP contribution is 2.26. The Labute approximate surface area is 137 Å². The second-order valence-corrected chi connectivity index (χ2v) is 6.52. The van der Waals surface area contributed by atoms with Crippen LogP contribution < -0.4 is 10.2 Å². The monoisotopic (exact) mass is 332 g/mol. The number of amides is 2. The third-order valence-electron chi connectivity index (χ3n) is 3.94. The molecule has 2 saturated heterocycles. The van der Waals surface area contributed by atoms with Crippen LogP contribution in [0.5, 0.6) is 0 Å². The standard InChI is InChI=1S/C15H16N4O3S/c1-9(20)10-3-6-19(7-4-10)14-16-5-2-11(17-14)8-12-13(21)18-15(22)23-12/h2,5,8,10H,3-4,6-7H2,1H3,(H,18,21,22)/b12-8-. The van der Waals surface area contributed by atoms with Gasteiger partial charge in [-0.3, -0.25) is 19.7 Å². The molecule has 0 aliphatic carbocycles. The largest absolute Gasteiger partial charge is 0.341 e. The van der Waals surface area contributed by atoms with Gasteiger partial charge >= 0.3 is 0 Å². The van der Waals surface area contributed by atoms with Gasteiger partial charge in [0, 0.05) is 25.2 Å². The van der Waals surface area contributed by atoms with Crippen LogP contribution in [0.25, 0.3) is 6.08 Å². The summed E-state index contributed by atoms with van der Waals surface area (Å²) in [6.07, 6.45) is 4.82. The van der Waals surface area contributed by atoms with E-state index < -0.39 is 5.91 Å². The van der Waals surface area contributed by atoms with E-state index in [1.807, 2.05) is 4.90 Å². The average Bonchev–Trinajstić information content (AvgIpc) is 2.85. The van der Waals surface area contributed by atoms with E-state index in [4.69, 9.17) is 0 Å². The molecule has 2 aliphatic rings. The number of rotatable bonds is 3. The smallest absolute Gasteiger partial charge is 0.290 e. The number of carbonyl (C=O) groups excluding carboxylic acids is 3. The van der Waals surface area contributed by atoms with Crippen molar-refractivity contribution in [1.82, 2.24) is 15.3 Å². The number of aromatic nitrogens is 2. The molecule has 1 N–H and O–H groups in total. The summed E-state index contributed by atoms with van der Waals surface area (Å²) in [5.74, 6) is 0.539. The number of ketones is 1. The molecule has 0 spiro atoms. The fourth-order valence-corrected chi connectivity index (χ4v) is 3.30. The fourth-order valence-electron chi connectivity index (χ4n) is 2.64. The maximum atomic E-state index is 11.6. The lowest BCUT2D eigenvalue weighted by molar-refractivity contribution is -0.121. The predicted octanol–water partition coefficient (Wildman–Crippen LogP) is 1.61. The molecular formula is C15H16N4O3S. The minimum atomic E-state index is -0.401. The second-order valence-electron chi connectivity index (χ2n) is 5.51. The number of hydrogen-bond donors (Lipinski definition) is 1. The normalized spacial score (nSPS) is 20.9. The zero-order valence-corrected chi connectivity index (χ0v) is 13.4. The summed E-state index contributed by atoms with van der Waals surface area (Å²) in [6.45, 7) is 3.10. The summed E-state index contributed by atoms with van der Waals surface area (Å²) < 4.78 is 0. The predicted molar refractivity (Wildman–Crippen MR) is 86.8 cm³/mol. The summed E-state index contributed by atoms with van der Waals surface area (Å²) in [7, 11) is 0. The highest BCUT2D eigenvalue weighted by atomic mass is 32.2. The quantitative estimate of drug-likeness (QED) is 0.841. The molecule has 2 amide bonds. The maximum absolute atomic E-state index is 11.6. The van der Waals surface area contributed by atoms with Gasteiger partial charge in [-0.05, 0) is 43.7 Å². The van der Waals surface area contributed by atoms with Crippen molar-refractivity contribution in [3.05, 3.63) is 22.9 Å². The molecule has 0 aromatic carbocycles. The van der Waals surface area contributed by atoms with Crippen LogP contribution in [0.1, 0.15) is 25.5 Å². The molecular weight excluding hydrogens is 316 g/mol. The molecule has 0 atom stereocenters. The van der Waals surface area contributed by atoms with Crippen LogP contribution in [0.4, 0.5) is 10.7 Å². The fraction of sp³-hybridized carbons (Fsp3) is 0.400. The number of imide groups is 1. The molecule has 120 valence electrons. The number of hydrogen-bond acceptors (Lipinski definition) is 7. The van der Waals surface area contributed by atoms with Crippen molar-refractivity contribution in [2.24, 2.45) is 5.92 Å². The number of piperidine rings is 1. The Kier molecular flexibility index (Phi) is 4.42. The highest BCUT2D eigenvalue weighted by molar-refractivity contribution is 8.18. The van der Waals surface area contributed by atoms with E-state index in [-0.39, 0.29) is 16.9 Å². The molecule has 7 nitrogen and oxygen atoms in total. The Morgan fingerprint density at radius 3 is 2.74 bits per heavy atom. The average molecular weight is 332 g/mol. The first-order chi connectivity index (χ1) is 11.0. The van der Waals surface area contributed by atoms with Crippen molar-refractivity contribution in [3.63, 3.8) is 0 Å². The number of Topliss-reactive ketones (excluding diaryl/α,β-unsaturated/α-hetero) is 1. The van der Waals surface area contributed by atoms with Gasteiger partial charge in [0.15, 0.2) is 0 Å². The Morgan fingerprint density at radius 2 is 2.13 bits per heavy atom. The first-order valence-corrected chi connectivity index (χ1v) is 8.18. The molecule has 2 aliphatic heterocycles. The van der Waals surface area contributed by atoms with Crippen LogP contribution in [-0.4, -0.2) is 40.0 Å². The van der Waals surface area contributed by atoms with E-state index >= 15 is 0 Å². The second kappa shape index (κ2) is 6.49. The number of thioether (sulfide) groups is 1. The molecule has 1 aromatic heterocycles. The van der Waals surface area contributed by atoms with Crippen LogP contribution in [0.2, 0.25) is 0 Å². The molecule has 0 unspecified atom stereocenters. The van der Waals surface area contributed by atoms with Gasteiger partial charge in [0.05, 0.1) is 10.6 Å². The van der Waals surface area contributed by atoms with Gasteiger partial charge in [0.25, 0.3) is 11.1 Å². The van der Waals surface area contributed by atoms with Gasteiger partial charge in [-0.25, -0.2) is 9.97 Å². The zero-order valence-electron chi connectivity index (χ0n) is 12.6. The lowest BCUT2D eigenvalue weighted by Crippen LogP contribution is -2.36. The Balaban J connectivity index is 1.74. The zero-order chi connectivity index (χ0) is 16.4. The summed E-state index contributed by atoms with van der Waals surface area (Å²) in [4.78, 5) is 45.2. The Hall–Kier alpha value is -2.22. The van der Waals surface area contributed by atoms with Gasteiger partial charge < -0.3 is 4.90 Å². The number of nitrogens with one attached hydrogen (secondary N) is 1. The van der Waals surface area contributed by atoms with Crippen LogP contribution in [0, 0.1) is 5.92 Å². The van der Waals surface area contributed by atoms with Crippen molar-refractivity contribution in [2.45, 2.75) is 19.8 Å². The minimum Gasteiger partial charge on any atom is -0.341 e. The topological polar surface area (TPSA) is 92.3 Å². The molecule has 3 rings (SSSR count). The van der Waals surface area contributed by atoms with Crippen LogP contribution >= 0.6 is 11.8 Å². The Morgan fingerprint density at radius 1 is 1.39 bits per heavy atom. The van der Waals surface area contributed by atoms with E-state index in [1.165, 1.54) is 0 Å². The third kappa shape index (κ3) is 3.58. The van der Waals surface area contributed by atoms with Crippen LogP contribution in [-0.2, 0) is 9.59 Å². The van der Waals surface area contributed by atoms with Crippen molar-refractivity contribution >= 4 is 40.7 Å². The molecule has 2 fully saturated rings. The maximum Gasteiger partial charge on any atom is 0.290 e. The Bertz CT molecular complexity index is 696. The molecule has 23 heavy (non-hydrogen) atoms. The highest BCUT2D eigenvalue weighted by Gasteiger charge is 2.26. The number of carbonyl (C=O) groups is 3. The number of nitrogens with zero attached hydrogens (tertiary/aromatic N) is 3. The number of anilines is 1. The summed E-state index contributed by atoms with van der Waals surface area (Å²) in [5.41, 5.74) is 0.580. The van der Waals surface area contributed by atoms with Crippen molar-refractivity contribution in [2.75, 3.05) is 18.0 Å². The lowest BCUT2D eigenvalue weighted by atomic mass is 9.93. The van der Waals surface area contributed by atoms with Gasteiger partial charge in [-0.2, -0.15) is 0 Å². The molecule has 0 saturated carbocycles. The van der Waals surface area contributed by atoms with Crippen molar-refractivity contribution < 1.29 is 14.4 Å². The summed E-state index contributed by atoms with van der Waals surface area (Å²) in [6, 6.07) is 1.69. The third-order valence-corrected chi connectivity index (χ3v) is 4.75. The molecule has 8 heteroatoms. The van der Waals surface area contributed by atoms with E-state index in [0.29, 0.717) is 16.5 Å². The summed E-state index contributed by atoms with van der Waals surface area (Å²) in [5, 5.41) is 1.84. The molecule has 0 radical (unpaired) electrons. The summed E-state index contributed by atoms with van der Waals surface area (Å²) >= 11 is 0.863. The molecule has 3 heterocycles. The van der Waals surface area contributed by atoms with E-state index in [0.717, 1.165) is 37.7 Å². The lowest BCUT2D eigenvalue weighted by Gasteiger charge is -2.30. The van der Waals surface area contributed by atoms with Gasteiger partial charge in [-0.15, -0.1) is 0 Å². The molecule has 0 bridgehead atoms. The molecule has 1 aromatic rings. The van der Waals surface area contributed by atoms with E-state index in [1.54, 1.807) is 25.3 Å². The first kappa shape index (κ1) is 15.7. The van der Waals surface area contributed by atoms with Crippen molar-refractivity contribution in [3.8, 4) is 0 Å². The van der Waals surface area contributed by atoms with Crippen LogP contribution in [0.3, 0.4) is 0 Å². The first-order valence-electron chi connectivity index (χ1n) is 7.36. The van der Waals surface area contributed by atoms with E-state index in [2.05, 4.69) is 15.3 Å².